The zero-order chi connectivity index (χ0) is 77.8. The maximum Gasteiger partial charge on any atom is 0.335 e. The molecule has 0 radical (unpaired) electrons. The van der Waals surface area contributed by atoms with E-state index in [-0.39, 0.29) is 0 Å². The van der Waals surface area contributed by atoms with E-state index in [1.807, 2.05) is 0 Å². The van der Waals surface area contributed by atoms with Gasteiger partial charge in [0.05, 0.1) is 33.0 Å². The average molecular weight is 1560 g/mol. The van der Waals surface area contributed by atoms with E-state index in [2.05, 4.69) is 0 Å². The second kappa shape index (κ2) is 34.8. The topological polar surface area (TPSA) is 807 Å². The molecule has 0 bridgehead atoms. The fraction of sp³-hybridized carbons (Fsp3) is 0.909. The predicted octanol–water partition coefficient (Wildman–Crippen LogP) is -19.1. The highest BCUT2D eigenvalue weighted by Gasteiger charge is 2.61. The van der Waals surface area contributed by atoms with Crippen LogP contribution in [0.4, 0.5) is 0 Å². The molecule has 10 aliphatic heterocycles. The Kier molecular flexibility index (Phi) is 27.6. The van der Waals surface area contributed by atoms with Crippen LogP contribution in [0.15, 0.2) is 0 Å². The van der Waals surface area contributed by atoms with Crippen LogP contribution in [0.1, 0.15) is 0 Å². The highest BCUT2D eigenvalue weighted by atomic mass is 16.8. The van der Waals surface area contributed by atoms with Crippen LogP contribution < -0.4 is 0 Å². The number of rotatable bonds is 23. The second-order valence-electron chi connectivity index (χ2n) is 25.9. The number of aliphatic carboxylic acids is 5. The van der Waals surface area contributed by atoms with E-state index in [4.69, 9.17) is 90.0 Å². The number of carbonyl (C=O) groups is 5. The Balaban J connectivity index is 0.787. The Morgan fingerprint density at radius 3 is 0.679 bits per heavy atom. The van der Waals surface area contributed by atoms with Crippen molar-refractivity contribution in [3.63, 3.8) is 0 Å². The van der Waals surface area contributed by atoms with Gasteiger partial charge >= 0.3 is 29.8 Å². The predicted molar refractivity (Wildman–Crippen MR) is 302 cm³/mol. The number of ether oxygens (including phenoxy) is 19. The van der Waals surface area contributed by atoms with Crippen molar-refractivity contribution in [2.75, 3.05) is 33.0 Å². The molecular formula is C55H82O51. The Labute approximate surface area is 590 Å². The zero-order valence-electron chi connectivity index (χ0n) is 53.9. The Hall–Kier alpha value is -4.29. The van der Waals surface area contributed by atoms with Gasteiger partial charge in [-0.2, -0.15) is 0 Å². The number of aliphatic hydroxyl groups is 22. The number of carboxylic acids is 5. The Morgan fingerprint density at radius 2 is 0.425 bits per heavy atom. The Morgan fingerprint density at radius 1 is 0.208 bits per heavy atom. The monoisotopic (exact) mass is 1560 g/mol. The van der Waals surface area contributed by atoms with Gasteiger partial charge in [-0.1, -0.05) is 0 Å². The summed E-state index contributed by atoms with van der Waals surface area (Å²) in [6.45, 7) is -4.45. The number of hydrogen-bond acceptors (Lipinski definition) is 46. The van der Waals surface area contributed by atoms with Crippen LogP contribution in [0.3, 0.4) is 0 Å². The maximum absolute atomic E-state index is 12.6. The molecule has 0 spiro atoms. The van der Waals surface area contributed by atoms with Crippen LogP contribution >= 0.6 is 0 Å². The van der Waals surface area contributed by atoms with Gasteiger partial charge in [-0.25, -0.2) is 24.0 Å². The van der Waals surface area contributed by atoms with Gasteiger partial charge in [0.15, 0.2) is 93.4 Å². The highest BCUT2D eigenvalue weighted by molar-refractivity contribution is 5.75. The quantitative estimate of drug-likeness (QED) is 0.0452. The lowest BCUT2D eigenvalue weighted by Gasteiger charge is -2.48. The van der Waals surface area contributed by atoms with Crippen molar-refractivity contribution < 1.29 is 252 Å². The van der Waals surface area contributed by atoms with E-state index < -0.39 is 339 Å². The fourth-order valence-electron chi connectivity index (χ4n) is 13.0. The van der Waals surface area contributed by atoms with Crippen LogP contribution in [0.25, 0.3) is 0 Å². The lowest BCUT2D eigenvalue weighted by molar-refractivity contribution is -0.388. The van der Waals surface area contributed by atoms with E-state index in [0.717, 1.165) is 0 Å². The molecule has 0 unspecified atom stereocenters. The van der Waals surface area contributed by atoms with Gasteiger partial charge in [0.2, 0.25) is 0 Å². The molecule has 0 saturated carbocycles. The van der Waals surface area contributed by atoms with Crippen LogP contribution in [-0.4, -0.2) is 477 Å². The van der Waals surface area contributed by atoms with Gasteiger partial charge < -0.3 is 228 Å². The lowest BCUT2D eigenvalue weighted by atomic mass is 9.96. The summed E-state index contributed by atoms with van der Waals surface area (Å²) in [5, 5.41) is 292. The van der Waals surface area contributed by atoms with E-state index in [9.17, 15) is 162 Å². The summed E-state index contributed by atoms with van der Waals surface area (Å²) in [4.78, 5) is 61.5. The zero-order valence-corrected chi connectivity index (χ0v) is 53.9. The normalized spacial score (nSPS) is 51.9. The molecule has 0 aromatic rings. The molecule has 27 N–H and O–H groups in total. The van der Waals surface area contributed by atoms with Crippen LogP contribution in [0, 0.1) is 0 Å². The van der Waals surface area contributed by atoms with E-state index >= 15 is 0 Å². The number of aliphatic hydroxyl groups excluding tert-OH is 22. The summed E-state index contributed by atoms with van der Waals surface area (Å²) in [6.07, 6.45) is -102. The highest BCUT2D eigenvalue weighted by Crippen LogP contribution is 2.39. The summed E-state index contributed by atoms with van der Waals surface area (Å²) in [5.74, 6) is -9.78. The van der Waals surface area contributed by atoms with Crippen molar-refractivity contribution in [1.29, 1.82) is 0 Å². The smallest absolute Gasteiger partial charge is 0.335 e. The van der Waals surface area contributed by atoms with Crippen molar-refractivity contribution in [3.8, 4) is 0 Å². The van der Waals surface area contributed by atoms with E-state index in [1.165, 1.54) is 0 Å². The average Bonchev–Trinajstić information content (AvgIpc) is 0.777. The molecule has 10 saturated heterocycles. The summed E-state index contributed by atoms with van der Waals surface area (Å²) in [5.41, 5.74) is 0. The maximum atomic E-state index is 12.6. The number of hydrogen-bond donors (Lipinski definition) is 27. The van der Waals surface area contributed by atoms with Crippen LogP contribution in [0.2, 0.25) is 0 Å². The molecule has 0 aromatic carbocycles. The third kappa shape index (κ3) is 17.3. The molecule has 10 fully saturated rings. The minimum absolute atomic E-state index is 0.671. The van der Waals surface area contributed by atoms with E-state index in [0.29, 0.717) is 0 Å². The SMILES string of the molecule is O=C(O)[C@H]1O[C@@H](O[C@@H]2[C@@H](O)[C@@H](O[C@@H]3[C@@H](O)[C@H](O[C@@H]4[C@@H](O)[C@@H](O[C@@H]5[C@@H](O)[C@H](O[C@@H]6[C@@H](O)[C@@H](O[C@@H]7[C@@H](O)[C@H](O[C@@H]8[C@@H](O)[C@@H](O[C@@H]9[C@@H](O)[C@H](O[C@@H]%10CO[C@@H](O)[C@H](O)[C@H]%10O)O[C@H](C(=O)O)[C@H]9O)OC[C@H]8O)O[C@H](C(=O)O)[C@H]7O)OC[C@H]6O)O[C@H](C(=O)O)[C@H]5O)OC[C@H]4O)O[C@H](C(=O)O)[C@H]3O)OC[C@H]2O)[C@H](O)[C@@H](O)[C@@H]1O. The Bertz CT molecular complexity index is 2940. The van der Waals surface area contributed by atoms with Crippen LogP contribution in [-0.2, 0) is 114 Å². The molecule has 0 aromatic heterocycles. The molecule has 0 aliphatic carbocycles. The first-order valence-electron chi connectivity index (χ1n) is 32.2. The fourth-order valence-corrected chi connectivity index (χ4v) is 13.0. The molecule has 10 rings (SSSR count). The van der Waals surface area contributed by atoms with E-state index in [1.54, 1.807) is 0 Å². The molecule has 10 heterocycles. The van der Waals surface area contributed by atoms with Gasteiger partial charge in [0.25, 0.3) is 0 Å². The molecule has 51 heteroatoms. The molecule has 0 amide bonds. The van der Waals surface area contributed by atoms with Crippen LogP contribution in [0.5, 0.6) is 0 Å². The summed E-state index contributed by atoms with van der Waals surface area (Å²) in [7, 11) is 0. The third-order valence-electron chi connectivity index (χ3n) is 18.8. The third-order valence-corrected chi connectivity index (χ3v) is 18.8. The molecule has 10 aliphatic rings. The first kappa shape index (κ1) is 84.2. The summed E-state index contributed by atoms with van der Waals surface area (Å²) >= 11 is 0. The lowest BCUT2D eigenvalue weighted by Crippen LogP contribution is -2.68. The summed E-state index contributed by atoms with van der Waals surface area (Å²) < 4.78 is 103. The molecular weight excluding hydrogens is 1480 g/mol. The standard InChI is InChI=1S/C55H82O51/c56-6-1-89-47(20(69)28(6)94-51-15(64)12(61)13(62)36(102-51)41(77)78)99-33-17(66)38(43(81)82)104-53(25(33)74)96-30-8(58)3-91-49(22(30)71)101-35-19(68)40(45(85)86)106-55(27(35)76)97-31-9(59)4-92-50(23(31)72)100-34-18(67)39(44(83)84)105-54(26(34)75)95-29-7(57)2-90-48(21(29)70)98-32-16(65)37(42(79)80)103-52(24(32)73)93-10-5-88-46(87)14(63)11(10)60/h6-40,46-76,87H,1-5H2,(H,77,78)(H,79,80)(H,81,82)(H,83,84)(H,85,86)/t6-,7-,8-,9-,10-,11+,12+,13+,14-,15-,16+,17+,18+,19+,20-,21-,22-,23-,24-,25-,26-,27-,28+,29+,30+,31+,32+,33+,34+,35+,36+,37+,38+,39+,40+,46-,47-,48-,49-,50-,51-,52-,53-,54-,55-/m1/s1. The minimum Gasteiger partial charge on any atom is -0.479 e. The number of carboxylic acid groups (broad SMARTS) is 5. The summed E-state index contributed by atoms with van der Waals surface area (Å²) in [6, 6.07) is 0. The van der Waals surface area contributed by atoms with Crippen molar-refractivity contribution >= 4 is 29.8 Å². The van der Waals surface area contributed by atoms with Crippen molar-refractivity contribution in [3.05, 3.63) is 0 Å². The van der Waals surface area contributed by atoms with Crippen molar-refractivity contribution in [1.82, 2.24) is 0 Å². The van der Waals surface area contributed by atoms with Gasteiger partial charge in [0.1, 0.15) is 183 Å². The molecule has 45 atom stereocenters. The largest absolute Gasteiger partial charge is 0.479 e. The molecule has 51 nitrogen and oxygen atoms in total. The molecule has 608 valence electrons. The van der Waals surface area contributed by atoms with Crippen molar-refractivity contribution in [2.45, 2.75) is 277 Å². The molecule has 106 heavy (non-hydrogen) atoms. The van der Waals surface area contributed by atoms with Gasteiger partial charge in [-0.05, 0) is 0 Å². The van der Waals surface area contributed by atoms with Gasteiger partial charge in [-0.15, -0.1) is 0 Å². The second-order valence-corrected chi connectivity index (χ2v) is 25.9. The van der Waals surface area contributed by atoms with Gasteiger partial charge in [0, 0.05) is 0 Å². The minimum atomic E-state index is -2.55. The van der Waals surface area contributed by atoms with Crippen molar-refractivity contribution in [2.24, 2.45) is 0 Å². The first-order chi connectivity index (χ1) is 49.8. The van der Waals surface area contributed by atoms with Gasteiger partial charge in [-0.3, -0.25) is 0 Å². The first-order valence-corrected chi connectivity index (χ1v) is 32.2.